The van der Waals surface area contributed by atoms with Crippen LogP contribution in [-0.4, -0.2) is 34.7 Å². The fraction of sp³-hybridized carbons (Fsp3) is 0.0667. The average Bonchev–Trinajstić information content (AvgIpc) is 3.20. The number of carbonyl (C=O) groups excluding carboxylic acids is 6. The summed E-state index contributed by atoms with van der Waals surface area (Å²) in [6.07, 6.45) is -0.226. The molecule has 0 aromatic heterocycles. The average molecular weight is 832 g/mol. The molecule has 0 bridgehead atoms. The molecule has 0 N–H and O–H groups in total. The molecule has 0 aliphatic rings. The van der Waals surface area contributed by atoms with Gasteiger partial charge in [0, 0.05) is 72.0 Å². The maximum atomic E-state index is 11.8. The quantitative estimate of drug-likeness (QED) is 0.0900. The van der Waals surface area contributed by atoms with Crippen LogP contribution in [0.3, 0.4) is 0 Å². The second-order valence-electron chi connectivity index (χ2n) is 11.3. The maximum absolute atomic E-state index is 11.8. The van der Waals surface area contributed by atoms with E-state index in [2.05, 4.69) is 0 Å². The first kappa shape index (κ1) is 41.0. The van der Waals surface area contributed by atoms with E-state index < -0.39 is 0 Å². The SMILES string of the molecule is O=C(CC(=O)c1ccccc1)c1ccccc1.O=C(CC(=O)c1ccccc1)c1ccccc1.O=C(CC(=O)c1ccccc1)c1ccccc1.[Tb]. The minimum atomic E-state index is -0.139. The summed E-state index contributed by atoms with van der Waals surface area (Å²) in [4.78, 5) is 70.8. The minimum absolute atomic E-state index is 0. The van der Waals surface area contributed by atoms with Crippen LogP contribution in [0.25, 0.3) is 0 Å². The van der Waals surface area contributed by atoms with E-state index >= 15 is 0 Å². The molecule has 0 unspecified atom stereocenters. The zero-order chi connectivity index (χ0) is 36.3. The topological polar surface area (TPSA) is 102 Å². The van der Waals surface area contributed by atoms with E-state index in [1.54, 1.807) is 146 Å². The van der Waals surface area contributed by atoms with Gasteiger partial charge in [-0.15, -0.1) is 0 Å². The number of Topliss-reactive ketones (excluding diaryl/α,β-unsaturated/α-hetero) is 6. The molecular weight excluding hydrogens is 795 g/mol. The van der Waals surface area contributed by atoms with Crippen molar-refractivity contribution in [3.8, 4) is 0 Å². The van der Waals surface area contributed by atoms with Crippen molar-refractivity contribution in [3.05, 3.63) is 215 Å². The van der Waals surface area contributed by atoms with Gasteiger partial charge in [-0.25, -0.2) is 0 Å². The summed E-state index contributed by atoms with van der Waals surface area (Å²) in [6, 6.07) is 53.2. The summed E-state index contributed by atoms with van der Waals surface area (Å²) in [5.74, 6) is -0.836. The van der Waals surface area contributed by atoms with Crippen LogP contribution in [0.5, 0.6) is 0 Å². The van der Waals surface area contributed by atoms with Gasteiger partial charge in [0.05, 0.1) is 19.3 Å². The van der Waals surface area contributed by atoms with E-state index in [9.17, 15) is 28.8 Å². The zero-order valence-corrected chi connectivity index (χ0v) is 30.4. The zero-order valence-electron chi connectivity index (χ0n) is 28.2. The number of hydrogen-bond donors (Lipinski definition) is 0. The molecule has 0 amide bonds. The number of ketones is 6. The van der Waals surface area contributed by atoms with Gasteiger partial charge in [0.15, 0.2) is 34.7 Å². The fourth-order valence-corrected chi connectivity index (χ4v) is 4.79. The molecule has 261 valence electrons. The molecule has 0 heterocycles. The van der Waals surface area contributed by atoms with Gasteiger partial charge >= 0.3 is 0 Å². The van der Waals surface area contributed by atoms with E-state index in [-0.39, 0.29) is 92.6 Å². The molecule has 7 heteroatoms. The molecule has 0 aliphatic heterocycles. The molecular formula is C45H36O6Tb. The maximum Gasteiger partial charge on any atom is 0.170 e. The predicted molar refractivity (Wildman–Crippen MR) is 198 cm³/mol. The van der Waals surface area contributed by atoms with Crippen molar-refractivity contribution in [1.82, 2.24) is 0 Å². The van der Waals surface area contributed by atoms with Gasteiger partial charge in [-0.1, -0.05) is 182 Å². The van der Waals surface area contributed by atoms with Crippen LogP contribution in [-0.2, 0) is 0 Å². The summed E-state index contributed by atoms with van der Waals surface area (Å²) in [6.45, 7) is 0. The van der Waals surface area contributed by atoms with Crippen LogP contribution in [0.1, 0.15) is 81.4 Å². The van der Waals surface area contributed by atoms with Gasteiger partial charge in [-0.3, -0.25) is 28.8 Å². The first-order valence-corrected chi connectivity index (χ1v) is 16.3. The molecule has 6 aromatic carbocycles. The van der Waals surface area contributed by atoms with Crippen LogP contribution < -0.4 is 0 Å². The standard InChI is InChI=1S/3C15H12O2.Tb/c3*16-14(12-7-3-1-4-8-12)11-15(17)13-9-5-2-6-10-13;/h3*1-10H,11H2;. The van der Waals surface area contributed by atoms with Gasteiger partial charge in [-0.2, -0.15) is 0 Å². The fourth-order valence-electron chi connectivity index (χ4n) is 4.79. The molecule has 6 nitrogen and oxygen atoms in total. The van der Waals surface area contributed by atoms with E-state index in [1.807, 2.05) is 36.4 Å². The van der Waals surface area contributed by atoms with Gasteiger partial charge in [-0.05, 0) is 0 Å². The Hall–Kier alpha value is -5.37. The van der Waals surface area contributed by atoms with Crippen LogP contribution >= 0.6 is 0 Å². The third-order valence-corrected chi connectivity index (χ3v) is 7.54. The van der Waals surface area contributed by atoms with E-state index in [0.29, 0.717) is 33.4 Å². The summed E-state index contributed by atoms with van der Waals surface area (Å²) in [7, 11) is 0. The van der Waals surface area contributed by atoms with Gasteiger partial charge in [0.2, 0.25) is 0 Å². The molecule has 0 atom stereocenters. The second-order valence-corrected chi connectivity index (χ2v) is 11.3. The van der Waals surface area contributed by atoms with Crippen molar-refractivity contribution in [1.29, 1.82) is 0 Å². The van der Waals surface area contributed by atoms with Crippen molar-refractivity contribution >= 4 is 34.7 Å². The van der Waals surface area contributed by atoms with Crippen molar-refractivity contribution in [2.24, 2.45) is 0 Å². The molecule has 6 aromatic rings. The van der Waals surface area contributed by atoms with E-state index in [4.69, 9.17) is 0 Å². The summed E-state index contributed by atoms with van der Waals surface area (Å²) in [5.41, 5.74) is 3.48. The van der Waals surface area contributed by atoms with Crippen molar-refractivity contribution in [2.45, 2.75) is 19.3 Å². The summed E-state index contributed by atoms with van der Waals surface area (Å²) < 4.78 is 0. The number of hydrogen-bond acceptors (Lipinski definition) is 6. The monoisotopic (exact) mass is 831 g/mol. The van der Waals surface area contributed by atoms with Crippen molar-refractivity contribution in [3.63, 3.8) is 0 Å². The van der Waals surface area contributed by atoms with Crippen LogP contribution in [0.2, 0.25) is 0 Å². The Morgan fingerprint density at radius 1 is 0.231 bits per heavy atom. The molecule has 1 radical (unpaired) electrons. The van der Waals surface area contributed by atoms with Crippen molar-refractivity contribution < 1.29 is 67.4 Å². The third-order valence-electron chi connectivity index (χ3n) is 7.54. The number of carbonyl (C=O) groups is 6. The molecule has 0 fully saturated rings. The first-order valence-electron chi connectivity index (χ1n) is 16.3. The molecule has 6 rings (SSSR count). The van der Waals surface area contributed by atoms with E-state index in [1.165, 1.54) is 0 Å². The Labute approximate surface area is 334 Å². The Morgan fingerprint density at radius 3 is 0.462 bits per heavy atom. The van der Waals surface area contributed by atoms with Gasteiger partial charge < -0.3 is 0 Å². The second kappa shape index (κ2) is 22.4. The minimum Gasteiger partial charge on any atom is -0.294 e. The Balaban J connectivity index is 0.000000208. The predicted octanol–water partition coefficient (Wildman–Crippen LogP) is 9.43. The smallest absolute Gasteiger partial charge is 0.170 e. The van der Waals surface area contributed by atoms with Crippen LogP contribution in [0, 0.1) is 38.6 Å². The van der Waals surface area contributed by atoms with E-state index in [0.717, 1.165) is 0 Å². The molecule has 0 saturated heterocycles. The van der Waals surface area contributed by atoms with Gasteiger partial charge in [0.25, 0.3) is 0 Å². The molecule has 52 heavy (non-hydrogen) atoms. The summed E-state index contributed by atoms with van der Waals surface area (Å²) in [5, 5.41) is 0. The number of rotatable bonds is 12. The van der Waals surface area contributed by atoms with Crippen LogP contribution in [0.4, 0.5) is 0 Å². The van der Waals surface area contributed by atoms with Gasteiger partial charge in [0.1, 0.15) is 0 Å². The third kappa shape index (κ3) is 13.7. The Kier molecular flexibility index (Phi) is 17.7. The Morgan fingerprint density at radius 2 is 0.346 bits per heavy atom. The largest absolute Gasteiger partial charge is 0.294 e. The number of benzene rings is 6. The van der Waals surface area contributed by atoms with Crippen LogP contribution in [0.15, 0.2) is 182 Å². The van der Waals surface area contributed by atoms with Crippen molar-refractivity contribution in [2.75, 3.05) is 0 Å². The summed E-state index contributed by atoms with van der Waals surface area (Å²) >= 11 is 0. The molecule has 0 spiro atoms. The normalized spacial score (nSPS) is 9.69. The molecule has 0 saturated carbocycles. The molecule has 0 aliphatic carbocycles. The Bertz CT molecular complexity index is 1640. The first-order chi connectivity index (χ1) is 24.8.